The van der Waals surface area contributed by atoms with E-state index in [0.29, 0.717) is 25.7 Å². The summed E-state index contributed by atoms with van der Waals surface area (Å²) in [6, 6.07) is 0. The van der Waals surface area contributed by atoms with Crippen molar-refractivity contribution in [2.24, 2.45) is 5.92 Å². The van der Waals surface area contributed by atoms with Gasteiger partial charge < -0.3 is 10.1 Å². The van der Waals surface area contributed by atoms with Crippen molar-refractivity contribution in [1.82, 2.24) is 24.9 Å². The van der Waals surface area contributed by atoms with Crippen LogP contribution in [0.3, 0.4) is 0 Å². The first-order valence-electron chi connectivity index (χ1n) is 9.19. The molecule has 3 heterocycles. The Labute approximate surface area is 155 Å². The fourth-order valence-corrected chi connectivity index (χ4v) is 4.62. The highest BCUT2D eigenvalue weighted by Crippen LogP contribution is 2.38. The third-order valence-corrected chi connectivity index (χ3v) is 5.99. The summed E-state index contributed by atoms with van der Waals surface area (Å²) >= 11 is 1.75. The van der Waals surface area contributed by atoms with E-state index >= 15 is 0 Å². The molecule has 0 spiro atoms. The first-order chi connectivity index (χ1) is 12.7. The Kier molecular flexibility index (Phi) is 4.86. The summed E-state index contributed by atoms with van der Waals surface area (Å²) in [6.07, 6.45) is 5.79. The molecule has 8 heteroatoms. The monoisotopic (exact) mass is 373 g/mol. The van der Waals surface area contributed by atoms with E-state index in [-0.39, 0.29) is 11.7 Å². The number of carbonyl (C=O) groups excluding carboxylic acids is 1. The first kappa shape index (κ1) is 17.4. The van der Waals surface area contributed by atoms with Crippen LogP contribution in [-0.4, -0.2) is 45.2 Å². The lowest BCUT2D eigenvalue weighted by atomic mass is 9.89. The van der Waals surface area contributed by atoms with Gasteiger partial charge in [-0.05, 0) is 44.1 Å². The predicted molar refractivity (Wildman–Crippen MR) is 101 cm³/mol. The summed E-state index contributed by atoms with van der Waals surface area (Å²) in [4.78, 5) is 23.8. The Morgan fingerprint density at radius 2 is 2.38 bits per heavy atom. The number of aromatic nitrogens is 4. The fraction of sp³-hybridized carbons (Fsp3) is 0.556. The molecule has 0 saturated carbocycles. The molecule has 7 nitrogen and oxygen atoms in total. The van der Waals surface area contributed by atoms with Crippen molar-refractivity contribution >= 4 is 33.1 Å². The zero-order chi connectivity index (χ0) is 18.1. The van der Waals surface area contributed by atoms with Crippen LogP contribution < -0.4 is 5.32 Å². The highest BCUT2D eigenvalue weighted by Gasteiger charge is 2.24. The van der Waals surface area contributed by atoms with Crippen LogP contribution in [0, 0.1) is 5.92 Å². The lowest BCUT2D eigenvalue weighted by Gasteiger charge is -2.17. The Hall–Kier alpha value is -2.06. The van der Waals surface area contributed by atoms with Crippen LogP contribution in [0.4, 0.5) is 0 Å². The van der Waals surface area contributed by atoms with E-state index in [9.17, 15) is 4.79 Å². The van der Waals surface area contributed by atoms with E-state index in [1.54, 1.807) is 22.2 Å². The molecule has 1 amide bonds. The molecule has 1 aliphatic rings. The van der Waals surface area contributed by atoms with E-state index < -0.39 is 0 Å². The molecule has 0 radical (unpaired) electrons. The van der Waals surface area contributed by atoms with Gasteiger partial charge in [0.05, 0.1) is 5.39 Å². The SMILES string of the molecule is CCOCCCNC(=O)c1nc2c3c4c(sc3ncn2n1)CC[C@@H](C)C4. The minimum Gasteiger partial charge on any atom is -0.382 e. The van der Waals surface area contributed by atoms with Gasteiger partial charge in [-0.3, -0.25) is 4.79 Å². The van der Waals surface area contributed by atoms with Crippen molar-refractivity contribution in [1.29, 1.82) is 0 Å². The number of hydrogen-bond donors (Lipinski definition) is 1. The van der Waals surface area contributed by atoms with E-state index in [0.717, 1.165) is 35.1 Å². The normalized spacial score (nSPS) is 16.9. The zero-order valence-corrected chi connectivity index (χ0v) is 15.9. The van der Waals surface area contributed by atoms with Gasteiger partial charge in [0.1, 0.15) is 11.2 Å². The number of thiophene rings is 1. The Balaban J connectivity index is 1.61. The number of hydrogen-bond acceptors (Lipinski definition) is 6. The van der Waals surface area contributed by atoms with Gasteiger partial charge in [-0.1, -0.05) is 6.92 Å². The second kappa shape index (κ2) is 7.28. The van der Waals surface area contributed by atoms with Crippen molar-refractivity contribution in [3.05, 3.63) is 22.6 Å². The molecule has 1 N–H and O–H groups in total. The lowest BCUT2D eigenvalue weighted by molar-refractivity contribution is 0.0934. The fourth-order valence-electron chi connectivity index (χ4n) is 3.44. The van der Waals surface area contributed by atoms with Crippen LogP contribution in [0.2, 0.25) is 0 Å². The predicted octanol–water partition coefficient (Wildman–Crippen LogP) is 2.62. The van der Waals surface area contributed by atoms with E-state index in [1.165, 1.54) is 16.9 Å². The number of amides is 1. The minimum absolute atomic E-state index is 0.194. The third kappa shape index (κ3) is 3.19. The van der Waals surface area contributed by atoms with Gasteiger partial charge in [-0.2, -0.15) is 0 Å². The average molecular weight is 373 g/mol. The molecule has 0 aromatic carbocycles. The molecule has 26 heavy (non-hydrogen) atoms. The van der Waals surface area contributed by atoms with Gasteiger partial charge >= 0.3 is 0 Å². The maximum absolute atomic E-state index is 12.4. The zero-order valence-electron chi connectivity index (χ0n) is 15.1. The lowest BCUT2D eigenvalue weighted by Crippen LogP contribution is -2.26. The second-order valence-corrected chi connectivity index (χ2v) is 7.87. The standard InChI is InChI=1S/C18H23N5O2S/c1-3-25-8-4-7-19-17(24)15-21-16-14-12-9-11(2)5-6-13(12)26-18(14)20-10-23(16)22-15/h10-11H,3-9H2,1-2H3,(H,19,24)/t11-/m1/s1. The largest absolute Gasteiger partial charge is 0.382 e. The number of rotatable bonds is 6. The number of nitrogens with zero attached hydrogens (tertiary/aromatic N) is 4. The van der Waals surface area contributed by atoms with Crippen LogP contribution in [0.1, 0.15) is 47.7 Å². The van der Waals surface area contributed by atoms with Gasteiger partial charge in [0.2, 0.25) is 5.82 Å². The maximum atomic E-state index is 12.4. The molecule has 0 saturated heterocycles. The summed E-state index contributed by atoms with van der Waals surface area (Å²) in [5.74, 6) is 0.604. The number of fused-ring (bicyclic) bond motifs is 5. The highest BCUT2D eigenvalue weighted by molar-refractivity contribution is 7.19. The molecule has 1 atom stereocenters. The van der Waals surface area contributed by atoms with Crippen LogP contribution in [0.25, 0.3) is 15.9 Å². The smallest absolute Gasteiger partial charge is 0.290 e. The van der Waals surface area contributed by atoms with Gasteiger partial charge in [-0.15, -0.1) is 16.4 Å². The van der Waals surface area contributed by atoms with E-state index in [4.69, 9.17) is 4.74 Å². The van der Waals surface area contributed by atoms with Crippen molar-refractivity contribution in [3.63, 3.8) is 0 Å². The molecule has 4 rings (SSSR count). The molecule has 138 valence electrons. The minimum atomic E-state index is -0.254. The number of nitrogens with one attached hydrogen (secondary N) is 1. The summed E-state index contributed by atoms with van der Waals surface area (Å²) in [7, 11) is 0. The van der Waals surface area contributed by atoms with Crippen LogP contribution in [0.5, 0.6) is 0 Å². The van der Waals surface area contributed by atoms with Crippen molar-refractivity contribution in [3.8, 4) is 0 Å². The van der Waals surface area contributed by atoms with E-state index in [1.807, 2.05) is 6.92 Å². The number of aryl methyl sites for hydroxylation is 1. The summed E-state index contributed by atoms with van der Waals surface area (Å²) in [6.45, 7) is 6.11. The molecule has 0 bridgehead atoms. The first-order valence-corrected chi connectivity index (χ1v) is 10.0. The topological polar surface area (TPSA) is 81.4 Å². The molecule has 0 fully saturated rings. The van der Waals surface area contributed by atoms with Crippen molar-refractivity contribution < 1.29 is 9.53 Å². The molecule has 3 aromatic rings. The van der Waals surface area contributed by atoms with Gasteiger partial charge in [0, 0.05) is 24.6 Å². The molecule has 0 unspecified atom stereocenters. The van der Waals surface area contributed by atoms with E-state index in [2.05, 4.69) is 27.3 Å². The van der Waals surface area contributed by atoms with Crippen LogP contribution in [0.15, 0.2) is 6.33 Å². The average Bonchev–Trinajstić information content (AvgIpc) is 3.21. The van der Waals surface area contributed by atoms with Crippen molar-refractivity contribution in [2.75, 3.05) is 19.8 Å². The Morgan fingerprint density at radius 1 is 1.50 bits per heavy atom. The molecular weight excluding hydrogens is 350 g/mol. The molecule has 0 aliphatic heterocycles. The van der Waals surface area contributed by atoms with Crippen LogP contribution >= 0.6 is 11.3 Å². The summed E-state index contributed by atoms with van der Waals surface area (Å²) < 4.78 is 6.90. The third-order valence-electron chi connectivity index (χ3n) is 4.79. The maximum Gasteiger partial charge on any atom is 0.290 e. The quantitative estimate of drug-likeness (QED) is 0.672. The van der Waals surface area contributed by atoms with Gasteiger partial charge in [-0.25, -0.2) is 14.5 Å². The van der Waals surface area contributed by atoms with Gasteiger partial charge in [0.25, 0.3) is 5.91 Å². The number of carbonyl (C=O) groups is 1. The highest BCUT2D eigenvalue weighted by atomic mass is 32.1. The van der Waals surface area contributed by atoms with Crippen LogP contribution in [-0.2, 0) is 17.6 Å². The number of ether oxygens (including phenoxy) is 1. The Morgan fingerprint density at radius 3 is 3.23 bits per heavy atom. The summed E-state index contributed by atoms with van der Waals surface area (Å²) in [5.41, 5.74) is 2.08. The molecular formula is C18H23N5O2S. The van der Waals surface area contributed by atoms with Crippen molar-refractivity contribution in [2.45, 2.75) is 39.5 Å². The summed E-state index contributed by atoms with van der Waals surface area (Å²) in [5, 5.41) is 8.26. The Bertz CT molecular complexity index is 948. The van der Waals surface area contributed by atoms with Gasteiger partial charge in [0.15, 0.2) is 5.65 Å². The second-order valence-electron chi connectivity index (χ2n) is 6.79. The molecule has 3 aromatic heterocycles. The molecule has 1 aliphatic carbocycles.